The molecule has 0 aliphatic heterocycles. The number of hydrogen-bond donors (Lipinski definition) is 1. The lowest BCUT2D eigenvalue weighted by atomic mass is 9.88. The van der Waals surface area contributed by atoms with Crippen molar-refractivity contribution in [2.45, 2.75) is 39.2 Å². The largest absolute Gasteiger partial charge is 0.381 e. The minimum absolute atomic E-state index is 0.290. The van der Waals surface area contributed by atoms with Crippen LogP contribution in [0.15, 0.2) is 0 Å². The highest BCUT2D eigenvalue weighted by Gasteiger charge is 2.35. The molecular formula is C12H23O5P. The summed E-state index contributed by atoms with van der Waals surface area (Å²) in [4.78, 5) is 32.4. The molecule has 0 unspecified atom stereocenters. The molecule has 0 fully saturated rings. The van der Waals surface area contributed by atoms with Gasteiger partial charge in [-0.1, -0.05) is 0 Å². The van der Waals surface area contributed by atoms with E-state index in [2.05, 4.69) is 0 Å². The van der Waals surface area contributed by atoms with Gasteiger partial charge in [-0.05, 0) is 40.8 Å². The van der Waals surface area contributed by atoms with Gasteiger partial charge in [-0.3, -0.25) is 14.4 Å². The molecule has 0 atom stereocenters. The van der Waals surface area contributed by atoms with Crippen LogP contribution in [0, 0.1) is 0 Å². The molecule has 0 aromatic rings. The predicted octanol–water partition coefficient (Wildman–Crippen LogP) is 1.50. The SMILES string of the molecule is CC(=O)CC(O)(CC(C)=O)C(C)=O.CP(C)(C)=O. The maximum atomic E-state index is 11.0. The molecule has 0 saturated heterocycles. The second-order valence-electron chi connectivity index (χ2n) is 5.23. The summed E-state index contributed by atoms with van der Waals surface area (Å²) in [5.74, 6) is -1.16. The Balaban J connectivity index is 0. The van der Waals surface area contributed by atoms with Crippen LogP contribution < -0.4 is 0 Å². The lowest BCUT2D eigenvalue weighted by Gasteiger charge is -2.22. The Kier molecular flexibility index (Phi) is 8.24. The van der Waals surface area contributed by atoms with Crippen LogP contribution in [0.3, 0.4) is 0 Å². The Bertz CT molecular complexity index is 342. The van der Waals surface area contributed by atoms with Crippen molar-refractivity contribution >= 4 is 24.5 Å². The van der Waals surface area contributed by atoms with E-state index in [4.69, 9.17) is 0 Å². The smallest absolute Gasteiger partial charge is 0.162 e. The summed E-state index contributed by atoms with van der Waals surface area (Å²) in [6, 6.07) is 0. The van der Waals surface area contributed by atoms with Crippen LogP contribution in [-0.2, 0) is 18.9 Å². The van der Waals surface area contributed by atoms with Crippen molar-refractivity contribution in [2.75, 3.05) is 20.0 Å². The van der Waals surface area contributed by atoms with Gasteiger partial charge in [0.25, 0.3) is 0 Å². The van der Waals surface area contributed by atoms with Crippen LogP contribution in [0.2, 0.25) is 0 Å². The predicted molar refractivity (Wildman–Crippen MR) is 71.6 cm³/mol. The molecule has 0 aliphatic carbocycles. The van der Waals surface area contributed by atoms with E-state index >= 15 is 0 Å². The number of carbonyl (C=O) groups is 3. The third-order valence-corrected chi connectivity index (χ3v) is 1.74. The Morgan fingerprint density at radius 1 is 0.944 bits per heavy atom. The first-order valence-corrected chi connectivity index (χ1v) is 8.57. The van der Waals surface area contributed by atoms with E-state index in [1.165, 1.54) is 20.8 Å². The molecule has 0 aromatic heterocycles. The summed E-state index contributed by atoms with van der Waals surface area (Å²) >= 11 is 0. The Hall–Kier alpha value is -0.800. The molecule has 0 spiro atoms. The lowest BCUT2D eigenvalue weighted by molar-refractivity contribution is -0.144. The van der Waals surface area contributed by atoms with Gasteiger partial charge in [-0.15, -0.1) is 0 Å². The van der Waals surface area contributed by atoms with E-state index in [0.717, 1.165) is 0 Å². The van der Waals surface area contributed by atoms with Crippen LogP contribution >= 0.6 is 7.14 Å². The highest BCUT2D eigenvalue weighted by Crippen LogP contribution is 2.28. The van der Waals surface area contributed by atoms with Crippen molar-refractivity contribution < 1.29 is 24.1 Å². The molecule has 0 saturated carbocycles. The summed E-state index contributed by atoms with van der Waals surface area (Å²) in [6.07, 6.45) is -0.580. The van der Waals surface area contributed by atoms with Gasteiger partial charge in [-0.2, -0.15) is 0 Å². The fourth-order valence-electron chi connectivity index (χ4n) is 1.14. The van der Waals surface area contributed by atoms with Crippen LogP contribution in [0.25, 0.3) is 0 Å². The third kappa shape index (κ3) is 13.3. The topological polar surface area (TPSA) is 88.5 Å². The summed E-state index contributed by atoms with van der Waals surface area (Å²) in [7, 11) is -1.64. The fraction of sp³-hybridized carbons (Fsp3) is 0.750. The van der Waals surface area contributed by atoms with Crippen molar-refractivity contribution in [3.63, 3.8) is 0 Å². The average Bonchev–Trinajstić information content (AvgIpc) is 1.95. The second kappa shape index (κ2) is 7.59. The zero-order valence-corrected chi connectivity index (χ0v) is 12.8. The molecule has 0 amide bonds. The van der Waals surface area contributed by atoms with Gasteiger partial charge in [0.2, 0.25) is 0 Å². The van der Waals surface area contributed by atoms with E-state index in [9.17, 15) is 24.1 Å². The number of rotatable bonds is 5. The molecule has 0 radical (unpaired) electrons. The van der Waals surface area contributed by atoms with Crippen LogP contribution in [0.5, 0.6) is 0 Å². The van der Waals surface area contributed by atoms with Crippen molar-refractivity contribution in [1.29, 1.82) is 0 Å². The molecule has 18 heavy (non-hydrogen) atoms. The third-order valence-electron chi connectivity index (χ3n) is 1.74. The summed E-state index contributed by atoms with van der Waals surface area (Å²) in [5.41, 5.74) is -1.79. The molecule has 0 heterocycles. The molecule has 0 aliphatic rings. The van der Waals surface area contributed by atoms with Gasteiger partial charge in [0.15, 0.2) is 5.78 Å². The molecule has 106 valence electrons. The number of aliphatic hydroxyl groups is 1. The number of carbonyl (C=O) groups excluding carboxylic acids is 3. The van der Waals surface area contributed by atoms with E-state index in [1.807, 2.05) is 0 Å². The van der Waals surface area contributed by atoms with E-state index < -0.39 is 18.5 Å². The number of hydrogen-bond acceptors (Lipinski definition) is 5. The molecular weight excluding hydrogens is 255 g/mol. The van der Waals surface area contributed by atoms with Crippen molar-refractivity contribution in [2.24, 2.45) is 0 Å². The fourth-order valence-corrected chi connectivity index (χ4v) is 1.14. The van der Waals surface area contributed by atoms with E-state index in [-0.39, 0.29) is 24.4 Å². The molecule has 0 aromatic carbocycles. The molecule has 0 bridgehead atoms. The van der Waals surface area contributed by atoms with Crippen molar-refractivity contribution in [3.8, 4) is 0 Å². The average molecular weight is 278 g/mol. The van der Waals surface area contributed by atoms with Gasteiger partial charge in [0, 0.05) is 12.8 Å². The summed E-state index contributed by atoms with van der Waals surface area (Å²) in [6.45, 7) is 8.95. The summed E-state index contributed by atoms with van der Waals surface area (Å²) in [5, 5.41) is 9.64. The monoisotopic (exact) mass is 278 g/mol. The quantitative estimate of drug-likeness (QED) is 0.770. The Morgan fingerprint density at radius 3 is 1.28 bits per heavy atom. The van der Waals surface area contributed by atoms with Crippen molar-refractivity contribution in [1.82, 2.24) is 0 Å². The second-order valence-corrected chi connectivity index (χ2v) is 9.01. The highest BCUT2D eigenvalue weighted by molar-refractivity contribution is 7.61. The van der Waals surface area contributed by atoms with Crippen LogP contribution in [0.4, 0.5) is 0 Å². The zero-order chi connectivity index (χ0) is 15.1. The highest BCUT2D eigenvalue weighted by atomic mass is 31.2. The Morgan fingerprint density at radius 2 is 1.17 bits per heavy atom. The number of Topliss-reactive ketones (excluding diaryl/α,β-unsaturated/α-hetero) is 3. The molecule has 1 N–H and O–H groups in total. The zero-order valence-electron chi connectivity index (χ0n) is 11.9. The van der Waals surface area contributed by atoms with Gasteiger partial charge >= 0.3 is 0 Å². The Labute approximate surface area is 108 Å². The normalized spacial score (nSPS) is 11.3. The molecule has 0 rings (SSSR count). The molecule has 6 heteroatoms. The van der Waals surface area contributed by atoms with Gasteiger partial charge < -0.3 is 9.67 Å². The minimum Gasteiger partial charge on any atom is -0.381 e. The van der Waals surface area contributed by atoms with Crippen LogP contribution in [0.1, 0.15) is 33.6 Å². The van der Waals surface area contributed by atoms with Crippen LogP contribution in [-0.4, -0.2) is 48.1 Å². The first kappa shape index (κ1) is 19.5. The first-order valence-electron chi connectivity index (χ1n) is 5.52. The van der Waals surface area contributed by atoms with Gasteiger partial charge in [0.05, 0.1) is 7.14 Å². The lowest BCUT2D eigenvalue weighted by Crippen LogP contribution is -2.40. The minimum atomic E-state index is -1.79. The van der Waals surface area contributed by atoms with Gasteiger partial charge in [0.1, 0.15) is 17.2 Å². The van der Waals surface area contributed by atoms with E-state index in [1.54, 1.807) is 20.0 Å². The standard InChI is InChI=1S/C9H14O4.C3H9OP/c1-6(10)4-9(13,8(3)12)5-7(2)11;1-5(2,3)4/h13H,4-5H2,1-3H3;1-3H3. The maximum absolute atomic E-state index is 11.0. The molecule has 5 nitrogen and oxygen atoms in total. The van der Waals surface area contributed by atoms with E-state index in [0.29, 0.717) is 0 Å². The number of ketones is 3. The maximum Gasteiger partial charge on any atom is 0.162 e. The van der Waals surface area contributed by atoms with Gasteiger partial charge in [-0.25, -0.2) is 0 Å². The summed E-state index contributed by atoms with van der Waals surface area (Å²) < 4.78 is 10.2. The first-order chi connectivity index (χ1) is 7.78. The van der Waals surface area contributed by atoms with Crippen molar-refractivity contribution in [3.05, 3.63) is 0 Å².